The summed E-state index contributed by atoms with van der Waals surface area (Å²) >= 11 is 6.87. The predicted molar refractivity (Wildman–Crippen MR) is 128 cm³/mol. The average molecular weight is 584 g/mol. The molecule has 2 unspecified atom stereocenters. The fourth-order valence-corrected chi connectivity index (χ4v) is 7.92. The Bertz CT molecular complexity index is 1100. The minimum atomic E-state index is -0.437. The van der Waals surface area contributed by atoms with Gasteiger partial charge in [-0.05, 0) is 99.5 Å². The number of rotatable bonds is 7. The summed E-state index contributed by atoms with van der Waals surface area (Å²) in [5.41, 5.74) is 0.564. The zero-order chi connectivity index (χ0) is 23.5. The summed E-state index contributed by atoms with van der Waals surface area (Å²) in [5, 5.41) is 20.3. The topological polar surface area (TPSA) is 99.1 Å². The van der Waals surface area contributed by atoms with Crippen LogP contribution in [-0.4, -0.2) is 42.3 Å². The van der Waals surface area contributed by atoms with E-state index in [-0.39, 0.29) is 22.7 Å². The van der Waals surface area contributed by atoms with Crippen LogP contribution in [0, 0.1) is 27.4 Å². The highest BCUT2D eigenvalue weighted by molar-refractivity contribution is 9.10. The third-order valence-corrected chi connectivity index (χ3v) is 9.13. The van der Waals surface area contributed by atoms with Crippen LogP contribution in [0.1, 0.15) is 57.6 Å². The molecule has 0 radical (unpaired) electrons. The highest BCUT2D eigenvalue weighted by Crippen LogP contribution is 2.65. The van der Waals surface area contributed by atoms with Crippen molar-refractivity contribution in [2.75, 3.05) is 7.05 Å². The number of carbonyl (C=O) groups is 1. The Morgan fingerprint density at radius 3 is 2.48 bits per heavy atom. The lowest BCUT2D eigenvalue weighted by molar-refractivity contribution is -0.390. The van der Waals surface area contributed by atoms with Gasteiger partial charge in [0.05, 0.1) is 33.5 Å². The first-order valence-corrected chi connectivity index (χ1v) is 13.1. The maximum Gasteiger partial charge on any atom is 0.404 e. The van der Waals surface area contributed by atoms with E-state index in [9.17, 15) is 14.9 Å². The quantitative estimate of drug-likeness (QED) is 0.342. The Kier molecular flexibility index (Phi) is 5.70. The van der Waals surface area contributed by atoms with Gasteiger partial charge in [0.2, 0.25) is 5.91 Å². The Morgan fingerprint density at radius 1 is 1.21 bits per heavy atom. The lowest BCUT2D eigenvalue weighted by Gasteiger charge is -2.61. The largest absolute Gasteiger partial charge is 0.404 e. The molecule has 178 valence electrons. The van der Waals surface area contributed by atoms with Crippen LogP contribution in [0.5, 0.6) is 0 Å². The second-order valence-corrected chi connectivity index (χ2v) is 12.1. The molecule has 1 amide bonds. The fraction of sp³-hybridized carbons (Fsp3) is 0.682. The Labute approximate surface area is 209 Å². The van der Waals surface area contributed by atoms with Crippen molar-refractivity contribution < 1.29 is 9.72 Å². The molecule has 4 fully saturated rings. The van der Waals surface area contributed by atoms with Crippen molar-refractivity contribution >= 4 is 43.6 Å². The molecule has 0 aromatic carbocycles. The molecule has 2 aromatic rings. The summed E-state index contributed by atoms with van der Waals surface area (Å²) in [6, 6.07) is 0. The molecule has 6 rings (SSSR count). The van der Waals surface area contributed by atoms with Gasteiger partial charge < -0.3 is 15.0 Å². The SMILES string of the molecule is CCn1cc(Br)c(CN(C)C(=O)CC23CC4CC(C2)CC(n2cc(Br)c([N+](=O)[O-])n2)(C4)C3)n1. The van der Waals surface area contributed by atoms with E-state index >= 15 is 0 Å². The second kappa shape index (κ2) is 8.18. The maximum atomic E-state index is 13.4. The Balaban J connectivity index is 1.36. The number of amides is 1. The number of halogens is 2. The molecule has 4 saturated carbocycles. The number of nitro groups is 1. The molecule has 9 nitrogen and oxygen atoms in total. The third kappa shape index (κ3) is 4.05. The molecule has 33 heavy (non-hydrogen) atoms. The number of aromatic nitrogens is 4. The van der Waals surface area contributed by atoms with Crippen LogP contribution in [0.3, 0.4) is 0 Å². The normalized spacial score (nSPS) is 30.1. The fourth-order valence-electron chi connectivity index (χ4n) is 7.06. The van der Waals surface area contributed by atoms with E-state index in [4.69, 9.17) is 0 Å². The van der Waals surface area contributed by atoms with E-state index in [1.807, 2.05) is 29.5 Å². The molecule has 4 aliphatic carbocycles. The monoisotopic (exact) mass is 582 g/mol. The van der Waals surface area contributed by atoms with Gasteiger partial charge in [-0.2, -0.15) is 9.78 Å². The van der Waals surface area contributed by atoms with Crippen LogP contribution >= 0.6 is 31.9 Å². The van der Waals surface area contributed by atoms with Gasteiger partial charge in [-0.25, -0.2) is 0 Å². The van der Waals surface area contributed by atoms with E-state index in [0.29, 0.717) is 29.3 Å². The van der Waals surface area contributed by atoms with Gasteiger partial charge in [0.15, 0.2) is 0 Å². The summed E-state index contributed by atoms with van der Waals surface area (Å²) in [6.45, 7) is 3.29. The van der Waals surface area contributed by atoms with Crippen molar-refractivity contribution in [3.05, 3.63) is 37.1 Å². The first-order chi connectivity index (χ1) is 15.6. The van der Waals surface area contributed by atoms with Gasteiger partial charge in [0.25, 0.3) is 0 Å². The minimum Gasteiger partial charge on any atom is -0.358 e. The molecule has 2 atom stereocenters. The lowest BCUT2D eigenvalue weighted by atomic mass is 9.46. The Morgan fingerprint density at radius 2 is 1.91 bits per heavy atom. The molecule has 2 heterocycles. The molecular weight excluding hydrogens is 556 g/mol. The Hall–Kier alpha value is -1.75. The van der Waals surface area contributed by atoms with E-state index in [1.54, 1.807) is 11.1 Å². The molecule has 0 saturated heterocycles. The van der Waals surface area contributed by atoms with Crippen LogP contribution in [0.2, 0.25) is 0 Å². The van der Waals surface area contributed by atoms with E-state index in [1.165, 1.54) is 6.42 Å². The van der Waals surface area contributed by atoms with Crippen LogP contribution in [0.15, 0.2) is 21.3 Å². The van der Waals surface area contributed by atoms with Crippen LogP contribution in [0.25, 0.3) is 0 Å². The van der Waals surface area contributed by atoms with Crippen molar-refractivity contribution in [3.63, 3.8) is 0 Å². The molecule has 0 spiro atoms. The number of aryl methyl sites for hydroxylation is 1. The number of hydrogen-bond donors (Lipinski definition) is 0. The summed E-state index contributed by atoms with van der Waals surface area (Å²) in [6.07, 6.45) is 10.4. The highest BCUT2D eigenvalue weighted by atomic mass is 79.9. The predicted octanol–water partition coefficient (Wildman–Crippen LogP) is 4.88. The van der Waals surface area contributed by atoms with Gasteiger partial charge in [-0.1, -0.05) is 0 Å². The van der Waals surface area contributed by atoms with Crippen LogP contribution in [-0.2, 0) is 23.4 Å². The van der Waals surface area contributed by atoms with Crippen molar-refractivity contribution in [1.29, 1.82) is 0 Å². The molecular formula is C22H28Br2N6O3. The first kappa shape index (κ1) is 23.0. The van der Waals surface area contributed by atoms with Gasteiger partial charge >= 0.3 is 5.82 Å². The lowest BCUT2D eigenvalue weighted by Crippen LogP contribution is -2.57. The molecule has 0 aliphatic heterocycles. The summed E-state index contributed by atoms with van der Waals surface area (Å²) < 4.78 is 5.06. The molecule has 4 bridgehead atoms. The van der Waals surface area contributed by atoms with Gasteiger partial charge in [0.1, 0.15) is 4.47 Å². The van der Waals surface area contributed by atoms with Gasteiger partial charge in [-0.3, -0.25) is 9.48 Å². The number of carbonyl (C=O) groups excluding carboxylic acids is 1. The number of hydrogen-bond acceptors (Lipinski definition) is 5. The van der Waals surface area contributed by atoms with Crippen molar-refractivity contribution in [3.8, 4) is 0 Å². The maximum absolute atomic E-state index is 13.4. The van der Waals surface area contributed by atoms with Crippen molar-refractivity contribution in [2.45, 2.75) is 70.5 Å². The van der Waals surface area contributed by atoms with Gasteiger partial charge in [0, 0.05) is 26.2 Å². The molecule has 2 aromatic heterocycles. The van der Waals surface area contributed by atoms with Crippen LogP contribution < -0.4 is 0 Å². The van der Waals surface area contributed by atoms with Crippen molar-refractivity contribution in [1.82, 2.24) is 24.5 Å². The first-order valence-electron chi connectivity index (χ1n) is 11.5. The highest BCUT2D eigenvalue weighted by Gasteiger charge is 2.60. The third-order valence-electron chi connectivity index (χ3n) is 7.91. The molecule has 0 N–H and O–H groups in total. The van der Waals surface area contributed by atoms with E-state index in [2.05, 4.69) is 42.1 Å². The number of nitrogens with zero attached hydrogens (tertiary/aromatic N) is 6. The van der Waals surface area contributed by atoms with E-state index < -0.39 is 4.92 Å². The summed E-state index contributed by atoms with van der Waals surface area (Å²) in [4.78, 5) is 26.1. The summed E-state index contributed by atoms with van der Waals surface area (Å²) in [5.74, 6) is 1.09. The smallest absolute Gasteiger partial charge is 0.358 e. The standard InChI is InChI=1S/C22H28Br2N6O3/c1-3-28-10-16(23)18(25-28)12-27(2)19(31)9-21-5-14-4-15(6-21)8-22(7-14,13-21)29-11-17(24)20(26-29)30(32)33/h10-11,14-15H,3-9,12-13H2,1-2H3. The molecule has 4 aliphatic rings. The molecule has 11 heteroatoms. The van der Waals surface area contributed by atoms with Crippen molar-refractivity contribution in [2.24, 2.45) is 17.3 Å². The minimum absolute atomic E-state index is 0.0668. The zero-order valence-corrected chi connectivity index (χ0v) is 22.0. The second-order valence-electron chi connectivity index (χ2n) is 10.4. The zero-order valence-electron chi connectivity index (χ0n) is 18.8. The van der Waals surface area contributed by atoms with Crippen LogP contribution in [0.4, 0.5) is 5.82 Å². The average Bonchev–Trinajstić information content (AvgIpc) is 3.29. The van der Waals surface area contributed by atoms with E-state index in [0.717, 1.165) is 48.8 Å². The summed E-state index contributed by atoms with van der Waals surface area (Å²) in [7, 11) is 1.85. The van der Waals surface area contributed by atoms with Gasteiger partial charge in [-0.15, -0.1) is 0 Å².